The first-order chi connectivity index (χ1) is 8.84. The molecule has 1 heterocycles. The van der Waals surface area contributed by atoms with Crippen molar-refractivity contribution in [1.82, 2.24) is 4.90 Å². The molecular weight excluding hydrogens is 230 g/mol. The number of piperidine rings is 1. The van der Waals surface area contributed by atoms with Gasteiger partial charge in [-0.1, -0.05) is 48.0 Å². The van der Waals surface area contributed by atoms with Gasteiger partial charge in [0.25, 0.3) is 0 Å². The minimum absolute atomic E-state index is 0.511. The molecule has 0 amide bonds. The summed E-state index contributed by atoms with van der Waals surface area (Å²) in [7, 11) is 0. The highest BCUT2D eigenvalue weighted by Gasteiger charge is 2.28. The van der Waals surface area contributed by atoms with Gasteiger partial charge in [0.2, 0.25) is 0 Å². The Balaban J connectivity index is 2.20. The second kappa shape index (κ2) is 7.67. The molecule has 19 heavy (non-hydrogen) atoms. The molecule has 1 saturated heterocycles. The van der Waals surface area contributed by atoms with E-state index in [2.05, 4.69) is 46.4 Å². The summed E-state index contributed by atoms with van der Waals surface area (Å²) in [5.74, 6) is 2.73. The maximum Gasteiger partial charge on any atom is -0.00159 e. The normalized spacial score (nSPS) is 21.0. The maximum atomic E-state index is 2.70. The Morgan fingerprint density at radius 3 is 2.11 bits per heavy atom. The fourth-order valence-electron chi connectivity index (χ4n) is 3.61. The van der Waals surface area contributed by atoms with Crippen LogP contribution in [0.5, 0.6) is 0 Å². The summed E-state index contributed by atoms with van der Waals surface area (Å²) in [6.07, 6.45) is 6.99. The number of nitrogens with zero attached hydrogens (tertiary/aromatic N) is 1. The third-order valence-corrected chi connectivity index (χ3v) is 5.33. The average Bonchev–Trinajstić information content (AvgIpc) is 2.33. The monoisotopic (exact) mass is 267 g/mol. The second-order valence-electron chi connectivity index (χ2n) is 8.04. The van der Waals surface area contributed by atoms with E-state index in [1.807, 2.05) is 0 Å². The number of hydrogen-bond acceptors (Lipinski definition) is 1. The van der Waals surface area contributed by atoms with Crippen LogP contribution in [0.2, 0.25) is 0 Å². The first kappa shape index (κ1) is 17.0. The molecule has 1 heteroatoms. The standard InChI is InChI=1S/C18H37N/c1-7-16(15(2)3)9-8-12-19-13-10-17(11-14-19)18(4,5)6/h15-17H,7-14H2,1-6H3. The van der Waals surface area contributed by atoms with Crippen molar-refractivity contribution in [2.75, 3.05) is 19.6 Å². The summed E-state index contributed by atoms with van der Waals surface area (Å²) in [5, 5.41) is 0. The predicted molar refractivity (Wildman–Crippen MR) is 86.5 cm³/mol. The van der Waals surface area contributed by atoms with Crippen molar-refractivity contribution in [3.63, 3.8) is 0 Å². The Bertz CT molecular complexity index is 231. The highest BCUT2D eigenvalue weighted by molar-refractivity contribution is 4.80. The third-order valence-electron chi connectivity index (χ3n) is 5.33. The molecule has 1 nitrogen and oxygen atoms in total. The second-order valence-corrected chi connectivity index (χ2v) is 8.04. The van der Waals surface area contributed by atoms with Crippen LogP contribution in [0.1, 0.15) is 73.6 Å². The highest BCUT2D eigenvalue weighted by Crippen LogP contribution is 2.34. The fraction of sp³-hybridized carbons (Fsp3) is 1.00. The number of likely N-dealkylation sites (tertiary alicyclic amines) is 1. The van der Waals surface area contributed by atoms with Crippen LogP contribution in [0.25, 0.3) is 0 Å². The molecule has 0 aromatic carbocycles. The summed E-state index contributed by atoms with van der Waals surface area (Å²) >= 11 is 0. The summed E-state index contributed by atoms with van der Waals surface area (Å²) in [5.41, 5.74) is 0.511. The van der Waals surface area contributed by atoms with E-state index in [4.69, 9.17) is 0 Å². The van der Waals surface area contributed by atoms with Crippen LogP contribution < -0.4 is 0 Å². The van der Waals surface area contributed by atoms with Crippen LogP contribution in [-0.4, -0.2) is 24.5 Å². The van der Waals surface area contributed by atoms with Crippen LogP contribution in [0.3, 0.4) is 0 Å². The van der Waals surface area contributed by atoms with Crippen molar-refractivity contribution in [3.8, 4) is 0 Å². The molecular formula is C18H37N. The third kappa shape index (κ3) is 5.85. The Labute approximate surface area is 122 Å². The van der Waals surface area contributed by atoms with Crippen molar-refractivity contribution in [2.45, 2.75) is 73.6 Å². The van der Waals surface area contributed by atoms with E-state index in [1.54, 1.807) is 0 Å². The van der Waals surface area contributed by atoms with E-state index < -0.39 is 0 Å². The smallest absolute Gasteiger partial charge is 0.00159 e. The molecule has 0 radical (unpaired) electrons. The molecule has 0 aliphatic carbocycles. The Morgan fingerprint density at radius 2 is 1.68 bits per heavy atom. The lowest BCUT2D eigenvalue weighted by Crippen LogP contribution is -2.38. The first-order valence-corrected chi connectivity index (χ1v) is 8.57. The van der Waals surface area contributed by atoms with Crippen LogP contribution in [-0.2, 0) is 0 Å². The molecule has 0 spiro atoms. The molecule has 1 fully saturated rings. The van der Waals surface area contributed by atoms with Crippen molar-refractivity contribution >= 4 is 0 Å². The topological polar surface area (TPSA) is 3.24 Å². The largest absolute Gasteiger partial charge is 0.303 e. The SMILES string of the molecule is CCC(CCCN1CCC(C(C)(C)C)CC1)C(C)C. The van der Waals surface area contributed by atoms with E-state index >= 15 is 0 Å². The van der Waals surface area contributed by atoms with Crippen molar-refractivity contribution in [2.24, 2.45) is 23.2 Å². The first-order valence-electron chi connectivity index (χ1n) is 8.57. The summed E-state index contributed by atoms with van der Waals surface area (Å²) in [6, 6.07) is 0. The lowest BCUT2D eigenvalue weighted by atomic mass is 9.75. The number of rotatable bonds is 6. The molecule has 114 valence electrons. The molecule has 0 saturated carbocycles. The Morgan fingerprint density at radius 1 is 1.11 bits per heavy atom. The summed E-state index contributed by atoms with van der Waals surface area (Å²) in [4.78, 5) is 2.70. The zero-order chi connectivity index (χ0) is 14.5. The molecule has 1 unspecified atom stereocenters. The molecule has 1 aliphatic rings. The van der Waals surface area contributed by atoms with Crippen LogP contribution in [0.15, 0.2) is 0 Å². The van der Waals surface area contributed by atoms with Gasteiger partial charge in [-0.15, -0.1) is 0 Å². The molecule has 0 aromatic rings. The zero-order valence-corrected chi connectivity index (χ0v) is 14.3. The molecule has 1 rings (SSSR count). The van der Waals surface area contributed by atoms with Gasteiger partial charge in [-0.05, 0) is 68.5 Å². The Kier molecular flexibility index (Phi) is 6.86. The quantitative estimate of drug-likeness (QED) is 0.639. The van der Waals surface area contributed by atoms with Gasteiger partial charge in [-0.2, -0.15) is 0 Å². The summed E-state index contributed by atoms with van der Waals surface area (Å²) in [6.45, 7) is 18.3. The van der Waals surface area contributed by atoms with E-state index in [9.17, 15) is 0 Å². The van der Waals surface area contributed by atoms with Gasteiger partial charge >= 0.3 is 0 Å². The minimum Gasteiger partial charge on any atom is -0.303 e. The van der Waals surface area contributed by atoms with Crippen LogP contribution in [0.4, 0.5) is 0 Å². The van der Waals surface area contributed by atoms with Gasteiger partial charge in [-0.25, -0.2) is 0 Å². The number of hydrogen-bond donors (Lipinski definition) is 0. The highest BCUT2D eigenvalue weighted by atomic mass is 15.1. The van der Waals surface area contributed by atoms with Crippen molar-refractivity contribution < 1.29 is 0 Å². The lowest BCUT2D eigenvalue weighted by molar-refractivity contribution is 0.109. The predicted octanol–water partition coefficient (Wildman–Crippen LogP) is 5.21. The van der Waals surface area contributed by atoms with Crippen LogP contribution >= 0.6 is 0 Å². The van der Waals surface area contributed by atoms with Crippen LogP contribution in [0, 0.1) is 23.2 Å². The minimum atomic E-state index is 0.511. The van der Waals surface area contributed by atoms with Gasteiger partial charge in [0.1, 0.15) is 0 Å². The maximum absolute atomic E-state index is 2.70. The molecule has 0 aromatic heterocycles. The van der Waals surface area contributed by atoms with Gasteiger partial charge in [0.05, 0.1) is 0 Å². The fourth-order valence-corrected chi connectivity index (χ4v) is 3.61. The zero-order valence-electron chi connectivity index (χ0n) is 14.3. The Hall–Kier alpha value is -0.0400. The molecule has 0 bridgehead atoms. The van der Waals surface area contributed by atoms with E-state index in [0.29, 0.717) is 5.41 Å². The van der Waals surface area contributed by atoms with E-state index in [0.717, 1.165) is 17.8 Å². The summed E-state index contributed by atoms with van der Waals surface area (Å²) < 4.78 is 0. The van der Waals surface area contributed by atoms with Gasteiger partial charge < -0.3 is 4.90 Å². The lowest BCUT2D eigenvalue weighted by Gasteiger charge is -2.39. The van der Waals surface area contributed by atoms with Gasteiger partial charge in [-0.3, -0.25) is 0 Å². The molecule has 0 N–H and O–H groups in total. The van der Waals surface area contributed by atoms with Crippen molar-refractivity contribution in [3.05, 3.63) is 0 Å². The van der Waals surface area contributed by atoms with E-state index in [1.165, 1.54) is 51.7 Å². The van der Waals surface area contributed by atoms with Gasteiger partial charge in [0, 0.05) is 0 Å². The van der Waals surface area contributed by atoms with Gasteiger partial charge in [0.15, 0.2) is 0 Å². The van der Waals surface area contributed by atoms with Crippen molar-refractivity contribution in [1.29, 1.82) is 0 Å². The average molecular weight is 268 g/mol. The molecule has 1 aliphatic heterocycles. The molecule has 1 atom stereocenters. The van der Waals surface area contributed by atoms with E-state index in [-0.39, 0.29) is 0 Å².